The monoisotopic (exact) mass is 292 g/mol. The maximum atomic E-state index is 3.75. The second-order valence-electron chi connectivity index (χ2n) is 6.37. The Balaban J connectivity index is 3.00. The van der Waals surface area contributed by atoms with E-state index in [1.54, 1.807) is 0 Å². The largest absolute Gasteiger partial charge is 0.103 e. The van der Waals surface area contributed by atoms with Gasteiger partial charge < -0.3 is 0 Å². The van der Waals surface area contributed by atoms with Gasteiger partial charge in [0, 0.05) is 0 Å². The van der Waals surface area contributed by atoms with Gasteiger partial charge in [-0.15, -0.1) is 6.58 Å². The first-order valence-electron chi connectivity index (χ1n) is 9.67. The van der Waals surface area contributed by atoms with Crippen LogP contribution in [0.15, 0.2) is 24.8 Å². The number of rotatable bonds is 17. The van der Waals surface area contributed by atoms with Gasteiger partial charge in [-0.2, -0.15) is 0 Å². The van der Waals surface area contributed by atoms with E-state index in [-0.39, 0.29) is 0 Å². The quantitative estimate of drug-likeness (QED) is 0.188. The predicted octanol–water partition coefficient (Wildman–Crippen LogP) is 7.99. The summed E-state index contributed by atoms with van der Waals surface area (Å²) < 4.78 is 0. The Hall–Kier alpha value is -0.520. The van der Waals surface area contributed by atoms with Gasteiger partial charge in [-0.05, 0) is 32.1 Å². The lowest BCUT2D eigenvalue weighted by atomic mass is 10.0. The van der Waals surface area contributed by atoms with Crippen LogP contribution in [0.3, 0.4) is 0 Å². The Morgan fingerprint density at radius 1 is 0.524 bits per heavy atom. The number of hydrogen-bond donors (Lipinski definition) is 0. The molecule has 0 rings (SSSR count). The minimum absolute atomic E-state index is 1.16. The van der Waals surface area contributed by atoms with Crippen LogP contribution in [-0.2, 0) is 0 Å². The van der Waals surface area contributed by atoms with Crippen molar-refractivity contribution in [2.45, 2.75) is 110 Å². The van der Waals surface area contributed by atoms with Gasteiger partial charge in [-0.25, -0.2) is 0 Å². The maximum Gasteiger partial charge on any atom is -0.0348 e. The first-order valence-corrected chi connectivity index (χ1v) is 9.67. The van der Waals surface area contributed by atoms with Gasteiger partial charge in [0.05, 0.1) is 0 Å². The molecule has 0 aromatic heterocycles. The van der Waals surface area contributed by atoms with Crippen molar-refractivity contribution in [1.29, 1.82) is 0 Å². The van der Waals surface area contributed by atoms with Crippen LogP contribution in [0, 0.1) is 0 Å². The summed E-state index contributed by atoms with van der Waals surface area (Å²) in [5.74, 6) is 0. The van der Waals surface area contributed by atoms with Crippen molar-refractivity contribution in [2.75, 3.05) is 0 Å². The molecule has 0 saturated heterocycles. The van der Waals surface area contributed by atoms with Gasteiger partial charge in [0.1, 0.15) is 0 Å². The summed E-state index contributed by atoms with van der Waals surface area (Å²) in [4.78, 5) is 0. The molecule has 21 heavy (non-hydrogen) atoms. The third-order valence-corrected chi connectivity index (χ3v) is 4.17. The predicted molar refractivity (Wildman–Crippen MR) is 98.9 cm³/mol. The number of allylic oxidation sites excluding steroid dienone is 3. The van der Waals surface area contributed by atoms with Crippen molar-refractivity contribution < 1.29 is 0 Å². The van der Waals surface area contributed by atoms with E-state index in [2.05, 4.69) is 25.7 Å². The summed E-state index contributed by atoms with van der Waals surface area (Å²) in [6, 6.07) is 0. The van der Waals surface area contributed by atoms with E-state index >= 15 is 0 Å². The Labute approximate surface area is 135 Å². The minimum atomic E-state index is 1.16. The third-order valence-electron chi connectivity index (χ3n) is 4.17. The minimum Gasteiger partial charge on any atom is -0.103 e. The van der Waals surface area contributed by atoms with Crippen LogP contribution in [0.5, 0.6) is 0 Å². The van der Waals surface area contributed by atoms with E-state index in [4.69, 9.17) is 0 Å². The molecule has 0 aliphatic heterocycles. The molecule has 0 heterocycles. The molecular formula is C21H40. The van der Waals surface area contributed by atoms with Gasteiger partial charge in [0.2, 0.25) is 0 Å². The molecule has 0 saturated carbocycles. The lowest BCUT2D eigenvalue weighted by Crippen LogP contribution is -1.82. The van der Waals surface area contributed by atoms with Crippen molar-refractivity contribution >= 4 is 0 Å². The second kappa shape index (κ2) is 19.5. The van der Waals surface area contributed by atoms with Crippen LogP contribution in [0.25, 0.3) is 0 Å². The average Bonchev–Trinajstić information content (AvgIpc) is 2.50. The summed E-state index contributed by atoms with van der Waals surface area (Å²) in [5.41, 5.74) is 0. The molecule has 0 fully saturated rings. The maximum absolute atomic E-state index is 3.75. The van der Waals surface area contributed by atoms with Gasteiger partial charge >= 0.3 is 0 Å². The lowest BCUT2D eigenvalue weighted by molar-refractivity contribution is 0.545. The van der Waals surface area contributed by atoms with Crippen molar-refractivity contribution in [1.82, 2.24) is 0 Å². The molecule has 0 spiro atoms. The highest BCUT2D eigenvalue weighted by Gasteiger charge is 1.92. The molecular weight excluding hydrogens is 252 g/mol. The van der Waals surface area contributed by atoms with Crippen LogP contribution in [0.4, 0.5) is 0 Å². The third kappa shape index (κ3) is 19.5. The molecule has 0 unspecified atom stereocenters. The lowest BCUT2D eigenvalue weighted by Gasteiger charge is -2.02. The highest BCUT2D eigenvalue weighted by atomic mass is 14.0. The molecule has 0 radical (unpaired) electrons. The van der Waals surface area contributed by atoms with Crippen molar-refractivity contribution in [2.24, 2.45) is 0 Å². The zero-order valence-corrected chi connectivity index (χ0v) is 14.8. The molecule has 124 valence electrons. The van der Waals surface area contributed by atoms with Crippen molar-refractivity contribution in [3.05, 3.63) is 24.8 Å². The van der Waals surface area contributed by atoms with Crippen molar-refractivity contribution in [3.63, 3.8) is 0 Å². The first-order chi connectivity index (χ1) is 10.4. The van der Waals surface area contributed by atoms with E-state index in [0.717, 1.165) is 6.42 Å². The Kier molecular flexibility index (Phi) is 19.0. The highest BCUT2D eigenvalue weighted by molar-refractivity contribution is 4.82. The smallest absolute Gasteiger partial charge is 0.0348 e. The normalized spacial score (nSPS) is 11.3. The topological polar surface area (TPSA) is 0 Å². The van der Waals surface area contributed by atoms with E-state index in [1.807, 2.05) is 6.08 Å². The zero-order chi connectivity index (χ0) is 15.4. The summed E-state index contributed by atoms with van der Waals surface area (Å²) in [6.07, 6.45) is 29.0. The van der Waals surface area contributed by atoms with E-state index < -0.39 is 0 Å². The Morgan fingerprint density at radius 3 is 1.43 bits per heavy atom. The molecule has 0 N–H and O–H groups in total. The SMILES string of the molecule is C=CCCCC=CCCCCCCCCCCCCCC. The Morgan fingerprint density at radius 2 is 0.952 bits per heavy atom. The molecule has 0 amide bonds. The first kappa shape index (κ1) is 20.5. The van der Waals surface area contributed by atoms with E-state index in [0.29, 0.717) is 0 Å². The number of hydrogen-bond acceptors (Lipinski definition) is 0. The van der Waals surface area contributed by atoms with Crippen LogP contribution in [-0.4, -0.2) is 0 Å². The fourth-order valence-corrected chi connectivity index (χ4v) is 2.72. The molecule has 0 heteroatoms. The van der Waals surface area contributed by atoms with Crippen LogP contribution >= 0.6 is 0 Å². The summed E-state index contributed by atoms with van der Waals surface area (Å²) in [6.45, 7) is 6.04. The Bertz CT molecular complexity index is 214. The van der Waals surface area contributed by atoms with Crippen LogP contribution in [0.1, 0.15) is 110 Å². The standard InChI is InChI=1S/C21H40/c1-3-5-7-9-11-13-15-17-19-21-20-18-16-14-12-10-8-6-4-2/h3,11,13H,1,4-10,12,14-21H2,2H3. The van der Waals surface area contributed by atoms with Gasteiger partial charge in [-0.1, -0.05) is 95.8 Å². The highest BCUT2D eigenvalue weighted by Crippen LogP contribution is 2.12. The molecule has 0 aliphatic carbocycles. The molecule has 0 nitrogen and oxygen atoms in total. The van der Waals surface area contributed by atoms with Gasteiger partial charge in [0.25, 0.3) is 0 Å². The fraction of sp³-hybridized carbons (Fsp3) is 0.810. The number of unbranched alkanes of at least 4 members (excludes halogenated alkanes) is 14. The van der Waals surface area contributed by atoms with Crippen LogP contribution in [0.2, 0.25) is 0 Å². The van der Waals surface area contributed by atoms with Crippen LogP contribution < -0.4 is 0 Å². The molecule has 0 aromatic carbocycles. The summed E-state index contributed by atoms with van der Waals surface area (Å²) >= 11 is 0. The molecule has 0 aromatic rings. The average molecular weight is 293 g/mol. The van der Waals surface area contributed by atoms with Gasteiger partial charge in [0.15, 0.2) is 0 Å². The van der Waals surface area contributed by atoms with E-state index in [9.17, 15) is 0 Å². The van der Waals surface area contributed by atoms with Gasteiger partial charge in [-0.3, -0.25) is 0 Å². The van der Waals surface area contributed by atoms with E-state index in [1.165, 1.54) is 96.3 Å². The summed E-state index contributed by atoms with van der Waals surface area (Å²) in [5, 5.41) is 0. The fourth-order valence-electron chi connectivity index (χ4n) is 2.72. The second-order valence-corrected chi connectivity index (χ2v) is 6.37. The summed E-state index contributed by atoms with van der Waals surface area (Å²) in [7, 11) is 0. The molecule has 0 bridgehead atoms. The molecule has 0 aliphatic rings. The zero-order valence-electron chi connectivity index (χ0n) is 14.8. The van der Waals surface area contributed by atoms with Crippen molar-refractivity contribution in [3.8, 4) is 0 Å². The molecule has 0 atom stereocenters.